The molecule has 160 valence electrons. The van der Waals surface area contributed by atoms with Gasteiger partial charge in [0.15, 0.2) is 5.82 Å². The van der Waals surface area contributed by atoms with Crippen molar-refractivity contribution in [2.75, 3.05) is 20.2 Å². The lowest BCUT2D eigenvalue weighted by Gasteiger charge is -2.18. The van der Waals surface area contributed by atoms with Gasteiger partial charge in [0.25, 0.3) is 5.91 Å². The fraction of sp³-hybridized carbons (Fsp3) is 0.273. The number of methoxy groups -OCH3 is 1. The zero-order chi connectivity index (χ0) is 22.0. The van der Waals surface area contributed by atoms with E-state index in [1.807, 2.05) is 30.3 Å². The van der Waals surface area contributed by atoms with Crippen LogP contribution in [0.1, 0.15) is 29.0 Å². The van der Waals surface area contributed by atoms with Crippen LogP contribution in [0.3, 0.4) is 0 Å². The SMILES string of the molecule is COc1cc(Cl)ccc1C(=O)N1CC(NC(C)=O)C(c2nc(-c3ccccc3)n[nH]2)C1. The molecule has 0 saturated carbocycles. The monoisotopic (exact) mass is 439 g/mol. The first-order valence-corrected chi connectivity index (χ1v) is 10.2. The van der Waals surface area contributed by atoms with E-state index >= 15 is 0 Å². The van der Waals surface area contributed by atoms with E-state index in [0.29, 0.717) is 41.1 Å². The van der Waals surface area contributed by atoms with E-state index in [0.717, 1.165) is 5.56 Å². The van der Waals surface area contributed by atoms with Crippen molar-refractivity contribution in [1.29, 1.82) is 0 Å². The molecule has 0 bridgehead atoms. The highest BCUT2D eigenvalue weighted by Gasteiger charge is 2.39. The second-order valence-electron chi connectivity index (χ2n) is 7.38. The largest absolute Gasteiger partial charge is 0.496 e. The van der Waals surface area contributed by atoms with E-state index in [-0.39, 0.29) is 23.8 Å². The summed E-state index contributed by atoms with van der Waals surface area (Å²) in [5, 5.41) is 10.7. The molecular formula is C22H22ClN5O3. The zero-order valence-electron chi connectivity index (χ0n) is 17.1. The molecule has 2 unspecified atom stereocenters. The number of hydrogen-bond donors (Lipinski definition) is 2. The molecule has 1 saturated heterocycles. The van der Waals surface area contributed by atoms with Crippen molar-refractivity contribution in [3.05, 3.63) is 64.9 Å². The Balaban J connectivity index is 1.60. The Labute approximate surface area is 184 Å². The standard InChI is InChI=1S/C22H22ClN5O3/c1-13(29)24-18-12-28(22(30)16-9-8-15(23)10-19(16)31-2)11-17(18)21-25-20(26-27-21)14-6-4-3-5-7-14/h3-10,17-18H,11-12H2,1-2H3,(H,24,29)(H,25,26,27). The summed E-state index contributed by atoms with van der Waals surface area (Å²) >= 11 is 6.02. The Morgan fingerprint density at radius 1 is 1.19 bits per heavy atom. The fourth-order valence-corrected chi connectivity index (χ4v) is 3.98. The molecule has 1 aliphatic heterocycles. The maximum Gasteiger partial charge on any atom is 0.257 e. The van der Waals surface area contributed by atoms with Crippen LogP contribution in [0, 0.1) is 0 Å². The molecule has 1 aliphatic rings. The number of halogens is 1. The Bertz CT molecular complexity index is 1100. The van der Waals surface area contributed by atoms with E-state index in [9.17, 15) is 9.59 Å². The number of aromatic nitrogens is 3. The van der Waals surface area contributed by atoms with Crippen molar-refractivity contribution >= 4 is 23.4 Å². The normalized spacial score (nSPS) is 18.1. The molecule has 3 aromatic rings. The lowest BCUT2D eigenvalue weighted by Crippen LogP contribution is -2.39. The van der Waals surface area contributed by atoms with E-state index in [4.69, 9.17) is 16.3 Å². The molecule has 2 N–H and O–H groups in total. The van der Waals surface area contributed by atoms with Crippen LogP contribution >= 0.6 is 11.6 Å². The van der Waals surface area contributed by atoms with Crippen LogP contribution in [0.15, 0.2) is 48.5 Å². The van der Waals surface area contributed by atoms with Crippen molar-refractivity contribution in [3.63, 3.8) is 0 Å². The number of amides is 2. The van der Waals surface area contributed by atoms with Crippen molar-refractivity contribution in [2.24, 2.45) is 0 Å². The number of nitrogens with zero attached hydrogens (tertiary/aromatic N) is 3. The van der Waals surface area contributed by atoms with Gasteiger partial charge in [0.05, 0.1) is 24.6 Å². The van der Waals surface area contributed by atoms with Gasteiger partial charge in [-0.3, -0.25) is 14.7 Å². The number of carbonyl (C=O) groups is 2. The van der Waals surface area contributed by atoms with E-state index < -0.39 is 0 Å². The predicted octanol–water partition coefficient (Wildman–Crippen LogP) is 2.88. The van der Waals surface area contributed by atoms with Gasteiger partial charge in [0, 0.05) is 30.6 Å². The summed E-state index contributed by atoms with van der Waals surface area (Å²) in [6, 6.07) is 14.2. The smallest absolute Gasteiger partial charge is 0.257 e. The number of aromatic amines is 1. The van der Waals surface area contributed by atoms with Gasteiger partial charge in [-0.1, -0.05) is 41.9 Å². The minimum Gasteiger partial charge on any atom is -0.496 e. The molecule has 2 amide bonds. The lowest BCUT2D eigenvalue weighted by molar-refractivity contribution is -0.119. The molecule has 4 rings (SSSR count). The minimum absolute atomic E-state index is 0.170. The maximum atomic E-state index is 13.2. The highest BCUT2D eigenvalue weighted by atomic mass is 35.5. The number of rotatable bonds is 5. The number of carbonyl (C=O) groups excluding carboxylic acids is 2. The highest BCUT2D eigenvalue weighted by Crippen LogP contribution is 2.31. The van der Waals surface area contributed by atoms with Crippen LogP contribution in [0.4, 0.5) is 0 Å². The maximum absolute atomic E-state index is 13.2. The van der Waals surface area contributed by atoms with Gasteiger partial charge in [-0.15, -0.1) is 0 Å². The summed E-state index contributed by atoms with van der Waals surface area (Å²) in [4.78, 5) is 31.3. The predicted molar refractivity (Wildman–Crippen MR) is 116 cm³/mol. The number of nitrogens with one attached hydrogen (secondary N) is 2. The molecule has 31 heavy (non-hydrogen) atoms. The van der Waals surface area contributed by atoms with Crippen LogP contribution in [-0.2, 0) is 4.79 Å². The van der Waals surface area contributed by atoms with E-state index in [1.54, 1.807) is 23.1 Å². The first-order chi connectivity index (χ1) is 15.0. The number of hydrogen-bond acceptors (Lipinski definition) is 5. The summed E-state index contributed by atoms with van der Waals surface area (Å²) in [5.41, 5.74) is 1.30. The van der Waals surface area contributed by atoms with Crippen LogP contribution in [-0.4, -0.2) is 58.1 Å². The topological polar surface area (TPSA) is 100 Å². The van der Waals surface area contributed by atoms with Crippen molar-refractivity contribution < 1.29 is 14.3 Å². The second-order valence-corrected chi connectivity index (χ2v) is 7.81. The second kappa shape index (κ2) is 8.77. The summed E-state index contributed by atoms with van der Waals surface area (Å²) in [6.07, 6.45) is 0. The van der Waals surface area contributed by atoms with Gasteiger partial charge < -0.3 is 15.0 Å². The fourth-order valence-electron chi connectivity index (χ4n) is 3.82. The number of H-pyrrole nitrogens is 1. The lowest BCUT2D eigenvalue weighted by atomic mass is 10.0. The molecule has 0 radical (unpaired) electrons. The molecular weight excluding hydrogens is 418 g/mol. The molecule has 1 aromatic heterocycles. The van der Waals surface area contributed by atoms with Crippen molar-refractivity contribution in [2.45, 2.75) is 18.9 Å². The van der Waals surface area contributed by atoms with Crippen LogP contribution in [0.2, 0.25) is 5.02 Å². The van der Waals surface area contributed by atoms with Gasteiger partial charge in [-0.2, -0.15) is 5.10 Å². The third kappa shape index (κ3) is 4.39. The molecule has 2 aromatic carbocycles. The molecule has 2 heterocycles. The summed E-state index contributed by atoms with van der Waals surface area (Å²) in [5.74, 6) is 1.00. The van der Waals surface area contributed by atoms with Gasteiger partial charge in [0.1, 0.15) is 11.6 Å². The van der Waals surface area contributed by atoms with Crippen molar-refractivity contribution in [1.82, 2.24) is 25.4 Å². The molecule has 0 spiro atoms. The Morgan fingerprint density at radius 3 is 2.68 bits per heavy atom. The van der Waals surface area contributed by atoms with Crippen LogP contribution < -0.4 is 10.1 Å². The molecule has 2 atom stereocenters. The Morgan fingerprint density at radius 2 is 1.97 bits per heavy atom. The van der Waals surface area contributed by atoms with Gasteiger partial charge in [-0.25, -0.2) is 4.98 Å². The molecule has 9 heteroatoms. The number of ether oxygens (including phenoxy) is 1. The third-order valence-electron chi connectivity index (χ3n) is 5.28. The Hall–Kier alpha value is -3.39. The zero-order valence-corrected chi connectivity index (χ0v) is 17.9. The average molecular weight is 440 g/mol. The first kappa shape index (κ1) is 20.9. The molecule has 8 nitrogen and oxygen atoms in total. The quantitative estimate of drug-likeness (QED) is 0.636. The molecule has 0 aliphatic carbocycles. The van der Waals surface area contributed by atoms with Crippen molar-refractivity contribution in [3.8, 4) is 17.1 Å². The molecule has 1 fully saturated rings. The van der Waals surface area contributed by atoms with E-state index in [1.165, 1.54) is 14.0 Å². The first-order valence-electron chi connectivity index (χ1n) is 9.84. The summed E-state index contributed by atoms with van der Waals surface area (Å²) in [6.45, 7) is 2.18. The summed E-state index contributed by atoms with van der Waals surface area (Å²) < 4.78 is 5.33. The van der Waals surface area contributed by atoms with E-state index in [2.05, 4.69) is 20.5 Å². The van der Waals surface area contributed by atoms with Gasteiger partial charge in [0.2, 0.25) is 5.91 Å². The number of benzene rings is 2. The van der Waals surface area contributed by atoms with Gasteiger partial charge in [-0.05, 0) is 18.2 Å². The Kier molecular flexibility index (Phi) is 5.90. The van der Waals surface area contributed by atoms with Crippen LogP contribution in [0.25, 0.3) is 11.4 Å². The third-order valence-corrected chi connectivity index (χ3v) is 5.51. The minimum atomic E-state index is -0.295. The van der Waals surface area contributed by atoms with Gasteiger partial charge >= 0.3 is 0 Å². The average Bonchev–Trinajstić information content (AvgIpc) is 3.40. The summed E-state index contributed by atoms with van der Waals surface area (Å²) in [7, 11) is 1.50. The number of likely N-dealkylation sites (tertiary alicyclic amines) is 1. The van der Waals surface area contributed by atoms with Crippen LogP contribution in [0.5, 0.6) is 5.75 Å². The highest BCUT2D eigenvalue weighted by molar-refractivity contribution is 6.30.